The number of hydrogen-bond donors (Lipinski definition) is 1. The Labute approximate surface area is 231 Å². The van der Waals surface area contributed by atoms with Crippen molar-refractivity contribution in [2.75, 3.05) is 13.1 Å². The molecule has 1 atom stereocenters. The number of carbonyl (C=O) groups is 2. The fourth-order valence-corrected chi connectivity index (χ4v) is 5.42. The zero-order valence-electron chi connectivity index (χ0n) is 21.9. The number of nitrogens with one attached hydrogen (secondary N) is 1. The van der Waals surface area contributed by atoms with Crippen LogP contribution in [0.25, 0.3) is 11.3 Å². The molecule has 2 amide bonds. The molecule has 1 saturated heterocycles. The van der Waals surface area contributed by atoms with Crippen LogP contribution in [0.3, 0.4) is 0 Å². The normalized spacial score (nSPS) is 15.1. The fraction of sp³-hybridized carbons (Fsp3) is 0.444. The molecule has 200 valence electrons. The Morgan fingerprint density at radius 1 is 1.29 bits per heavy atom. The van der Waals surface area contributed by atoms with E-state index in [0.29, 0.717) is 35.9 Å². The number of piperidine rings is 1. The van der Waals surface area contributed by atoms with Crippen molar-refractivity contribution in [1.29, 1.82) is 5.26 Å². The van der Waals surface area contributed by atoms with Crippen LogP contribution in [0.5, 0.6) is 0 Å². The molecule has 1 fully saturated rings. The first kappa shape index (κ1) is 27.6. The molecule has 0 saturated carbocycles. The number of thiazole rings is 1. The van der Waals surface area contributed by atoms with E-state index in [1.807, 2.05) is 52.1 Å². The van der Waals surface area contributed by atoms with Gasteiger partial charge in [-0.3, -0.25) is 9.48 Å². The summed E-state index contributed by atoms with van der Waals surface area (Å²) in [6.07, 6.45) is 3.13. The van der Waals surface area contributed by atoms with Gasteiger partial charge in [0.25, 0.3) is 5.91 Å². The number of ether oxygens (including phenoxy) is 1. The number of nitrogens with zero attached hydrogens (tertiary/aromatic N) is 5. The molecule has 38 heavy (non-hydrogen) atoms. The molecule has 3 heterocycles. The zero-order valence-corrected chi connectivity index (χ0v) is 23.5. The second-order valence-electron chi connectivity index (χ2n) is 10.4. The summed E-state index contributed by atoms with van der Waals surface area (Å²) in [5, 5.41) is 19.7. The third-order valence-electron chi connectivity index (χ3n) is 6.11. The Kier molecular flexibility index (Phi) is 8.38. The molecule has 0 spiro atoms. The lowest BCUT2D eigenvalue weighted by atomic mass is 9.98. The highest BCUT2D eigenvalue weighted by Crippen LogP contribution is 2.31. The van der Waals surface area contributed by atoms with E-state index in [1.54, 1.807) is 27.1 Å². The molecule has 2 aromatic heterocycles. The number of nitriles is 1. The lowest BCUT2D eigenvalue weighted by Crippen LogP contribution is -2.41. The van der Waals surface area contributed by atoms with E-state index in [0.717, 1.165) is 29.1 Å². The Hall–Kier alpha value is -3.42. The van der Waals surface area contributed by atoms with Crippen LogP contribution in [0.4, 0.5) is 4.79 Å². The van der Waals surface area contributed by atoms with E-state index in [1.165, 1.54) is 11.3 Å². The number of hydrogen-bond acceptors (Lipinski definition) is 7. The van der Waals surface area contributed by atoms with Gasteiger partial charge in [0, 0.05) is 42.2 Å². The molecule has 0 aliphatic carbocycles. The van der Waals surface area contributed by atoms with Crippen molar-refractivity contribution in [3.8, 4) is 17.3 Å². The van der Waals surface area contributed by atoms with Gasteiger partial charge in [0.2, 0.25) is 0 Å². The van der Waals surface area contributed by atoms with Gasteiger partial charge in [-0.2, -0.15) is 10.4 Å². The summed E-state index contributed by atoms with van der Waals surface area (Å²) in [4.78, 5) is 31.5. The summed E-state index contributed by atoms with van der Waals surface area (Å²) in [6.45, 7) is 9.20. The molecule has 1 unspecified atom stereocenters. The Morgan fingerprint density at radius 2 is 2.03 bits per heavy atom. The highest BCUT2D eigenvalue weighted by atomic mass is 35.5. The lowest BCUT2D eigenvalue weighted by molar-refractivity contribution is 0.0204. The largest absolute Gasteiger partial charge is 0.444 e. The number of aromatic nitrogens is 3. The molecular weight excluding hydrogens is 524 g/mol. The third kappa shape index (κ3) is 6.91. The van der Waals surface area contributed by atoms with Gasteiger partial charge < -0.3 is 15.0 Å². The summed E-state index contributed by atoms with van der Waals surface area (Å²) in [6, 6.07) is 8.94. The van der Waals surface area contributed by atoms with Crippen molar-refractivity contribution < 1.29 is 14.3 Å². The lowest BCUT2D eigenvalue weighted by Gasteiger charge is -2.32. The second kappa shape index (κ2) is 11.5. The van der Waals surface area contributed by atoms with Gasteiger partial charge >= 0.3 is 6.09 Å². The van der Waals surface area contributed by atoms with Crippen LogP contribution in [-0.4, -0.2) is 56.4 Å². The quantitative estimate of drug-likeness (QED) is 0.432. The van der Waals surface area contributed by atoms with E-state index in [9.17, 15) is 9.59 Å². The SMILES string of the molecule is CC(Cn1ccc(-c2ccc(C#N)c(Cl)c2)n1)NC(=O)c1csc(C2CCN(C(=O)OC(C)(C)C)CC2)n1. The number of likely N-dealkylation sites (tertiary alicyclic amines) is 1. The highest BCUT2D eigenvalue weighted by Gasteiger charge is 2.29. The van der Waals surface area contributed by atoms with E-state index < -0.39 is 5.60 Å². The summed E-state index contributed by atoms with van der Waals surface area (Å²) in [7, 11) is 0. The van der Waals surface area contributed by atoms with Crippen LogP contribution in [0, 0.1) is 11.3 Å². The van der Waals surface area contributed by atoms with Crippen LogP contribution in [0.2, 0.25) is 5.02 Å². The Balaban J connectivity index is 1.28. The fourth-order valence-electron chi connectivity index (χ4n) is 4.22. The molecule has 1 aliphatic rings. The summed E-state index contributed by atoms with van der Waals surface area (Å²) in [5.74, 6) is -0.00618. The van der Waals surface area contributed by atoms with Crippen LogP contribution in [-0.2, 0) is 11.3 Å². The van der Waals surface area contributed by atoms with Gasteiger partial charge in [-0.1, -0.05) is 17.7 Å². The topological polar surface area (TPSA) is 113 Å². The van der Waals surface area contributed by atoms with Crippen LogP contribution in [0.15, 0.2) is 35.8 Å². The van der Waals surface area contributed by atoms with Gasteiger partial charge in [-0.15, -0.1) is 11.3 Å². The minimum atomic E-state index is -0.512. The van der Waals surface area contributed by atoms with E-state index in [4.69, 9.17) is 21.6 Å². The van der Waals surface area contributed by atoms with E-state index in [2.05, 4.69) is 15.4 Å². The Morgan fingerprint density at radius 3 is 2.68 bits per heavy atom. The number of halogens is 1. The van der Waals surface area contributed by atoms with Crippen molar-refractivity contribution in [2.24, 2.45) is 0 Å². The smallest absolute Gasteiger partial charge is 0.410 e. The summed E-state index contributed by atoms with van der Waals surface area (Å²) >= 11 is 7.63. The van der Waals surface area contributed by atoms with Gasteiger partial charge in [-0.05, 0) is 58.7 Å². The second-order valence-corrected chi connectivity index (χ2v) is 11.7. The number of carbonyl (C=O) groups excluding carboxylic acids is 2. The molecule has 1 N–H and O–H groups in total. The minimum absolute atomic E-state index is 0.179. The molecule has 1 aromatic carbocycles. The minimum Gasteiger partial charge on any atom is -0.444 e. The van der Waals surface area contributed by atoms with E-state index in [-0.39, 0.29) is 24.0 Å². The van der Waals surface area contributed by atoms with Gasteiger partial charge in [-0.25, -0.2) is 9.78 Å². The van der Waals surface area contributed by atoms with Crippen LogP contribution < -0.4 is 5.32 Å². The first-order valence-electron chi connectivity index (χ1n) is 12.5. The summed E-state index contributed by atoms with van der Waals surface area (Å²) in [5.41, 5.74) is 1.86. The molecule has 3 aromatic rings. The standard InChI is InChI=1S/C27H31ClN6O3S/c1-17(15-34-12-9-22(32-34)19-5-6-20(14-29)21(28)13-19)30-24(35)23-16-38-25(31-23)18-7-10-33(11-8-18)26(36)37-27(2,3)4/h5-6,9,12-13,16-18H,7-8,10-11,15H2,1-4H3,(H,30,35). The van der Waals surface area contributed by atoms with Crippen molar-refractivity contribution in [3.63, 3.8) is 0 Å². The zero-order chi connectivity index (χ0) is 27.4. The summed E-state index contributed by atoms with van der Waals surface area (Å²) < 4.78 is 7.23. The molecule has 1 aliphatic heterocycles. The van der Waals surface area contributed by atoms with E-state index >= 15 is 0 Å². The maximum absolute atomic E-state index is 12.8. The van der Waals surface area contributed by atoms with Crippen LogP contribution >= 0.6 is 22.9 Å². The average Bonchev–Trinajstić information content (AvgIpc) is 3.53. The number of amides is 2. The molecule has 0 radical (unpaired) electrons. The van der Waals surface area contributed by atoms with Crippen molar-refractivity contribution in [1.82, 2.24) is 25.0 Å². The maximum atomic E-state index is 12.8. The third-order valence-corrected chi connectivity index (χ3v) is 7.43. The molecule has 0 bridgehead atoms. The monoisotopic (exact) mass is 554 g/mol. The molecule has 9 nitrogen and oxygen atoms in total. The average molecular weight is 555 g/mol. The maximum Gasteiger partial charge on any atom is 0.410 e. The molecule has 4 rings (SSSR count). The molecular formula is C27H31ClN6O3S. The number of rotatable bonds is 6. The van der Waals surface area contributed by atoms with Crippen LogP contribution in [0.1, 0.15) is 67.5 Å². The van der Waals surface area contributed by atoms with Crippen molar-refractivity contribution >= 4 is 34.9 Å². The Bertz CT molecular complexity index is 1350. The first-order chi connectivity index (χ1) is 18.0. The van der Waals surface area contributed by atoms with Gasteiger partial charge in [0.1, 0.15) is 17.4 Å². The molecule has 11 heteroatoms. The van der Waals surface area contributed by atoms with Gasteiger partial charge in [0.05, 0.1) is 27.8 Å². The highest BCUT2D eigenvalue weighted by molar-refractivity contribution is 7.09. The van der Waals surface area contributed by atoms with Crippen molar-refractivity contribution in [3.05, 3.63) is 57.1 Å². The van der Waals surface area contributed by atoms with Crippen molar-refractivity contribution in [2.45, 2.75) is 64.6 Å². The van der Waals surface area contributed by atoms with Gasteiger partial charge in [0.15, 0.2) is 0 Å². The predicted octanol–water partition coefficient (Wildman–Crippen LogP) is 5.46. The first-order valence-corrected chi connectivity index (χ1v) is 13.8. The predicted molar refractivity (Wildman–Crippen MR) is 146 cm³/mol. The number of benzene rings is 1.